The third-order valence-electron chi connectivity index (χ3n) is 3.20. The first-order valence-electron chi connectivity index (χ1n) is 5.78. The summed E-state index contributed by atoms with van der Waals surface area (Å²) in [5.74, 6) is -0.564. The molecule has 1 aliphatic rings. The lowest BCUT2D eigenvalue weighted by atomic mass is 9.97. The number of nitrogens with zero attached hydrogens (tertiary/aromatic N) is 1. The molecular formula is C12H17NO3S. The molecular weight excluding hydrogens is 238 g/mol. The number of hydrogen-bond donors (Lipinski definition) is 2. The summed E-state index contributed by atoms with van der Waals surface area (Å²) in [5, 5.41) is 18.5. The highest BCUT2D eigenvalue weighted by Gasteiger charge is 2.24. The monoisotopic (exact) mass is 255 g/mol. The fraction of sp³-hybridized carbons (Fsp3) is 0.583. The summed E-state index contributed by atoms with van der Waals surface area (Å²) >= 11 is 1.33. The van der Waals surface area contributed by atoms with Crippen LogP contribution in [0.4, 0.5) is 0 Å². The van der Waals surface area contributed by atoms with E-state index in [-0.39, 0.29) is 6.10 Å². The first kappa shape index (κ1) is 12.5. The van der Waals surface area contributed by atoms with Crippen molar-refractivity contribution in [2.75, 3.05) is 13.1 Å². The van der Waals surface area contributed by atoms with Crippen LogP contribution in [0.5, 0.6) is 0 Å². The van der Waals surface area contributed by atoms with E-state index in [9.17, 15) is 9.90 Å². The van der Waals surface area contributed by atoms with Crippen molar-refractivity contribution >= 4 is 17.3 Å². The van der Waals surface area contributed by atoms with E-state index in [2.05, 4.69) is 4.90 Å². The molecule has 4 nitrogen and oxygen atoms in total. The average Bonchev–Trinajstić information content (AvgIpc) is 2.72. The fourth-order valence-corrected chi connectivity index (χ4v) is 3.05. The van der Waals surface area contributed by atoms with E-state index in [1.165, 1.54) is 11.3 Å². The highest BCUT2D eigenvalue weighted by molar-refractivity contribution is 7.13. The zero-order valence-corrected chi connectivity index (χ0v) is 10.6. The van der Waals surface area contributed by atoms with Gasteiger partial charge in [0.15, 0.2) is 0 Å². The Morgan fingerprint density at radius 1 is 1.59 bits per heavy atom. The van der Waals surface area contributed by atoms with Gasteiger partial charge in [0.05, 0.1) is 6.10 Å². The number of aliphatic hydroxyl groups is 1. The van der Waals surface area contributed by atoms with Gasteiger partial charge in [-0.25, -0.2) is 4.79 Å². The smallest absolute Gasteiger partial charge is 0.345 e. The lowest BCUT2D eigenvalue weighted by molar-refractivity contribution is 0.0324. The zero-order valence-electron chi connectivity index (χ0n) is 9.80. The maximum Gasteiger partial charge on any atom is 0.345 e. The molecule has 2 unspecified atom stereocenters. The van der Waals surface area contributed by atoms with Crippen molar-refractivity contribution in [2.24, 2.45) is 5.92 Å². The third-order valence-corrected chi connectivity index (χ3v) is 4.25. The summed E-state index contributed by atoms with van der Waals surface area (Å²) in [6.45, 7) is 4.59. The van der Waals surface area contributed by atoms with Gasteiger partial charge in [-0.2, -0.15) is 0 Å². The van der Waals surface area contributed by atoms with E-state index in [1.54, 1.807) is 6.07 Å². The minimum absolute atomic E-state index is 0.191. The van der Waals surface area contributed by atoms with Crippen LogP contribution in [0.25, 0.3) is 0 Å². The molecule has 0 saturated carbocycles. The van der Waals surface area contributed by atoms with Crippen LogP contribution in [-0.4, -0.2) is 40.3 Å². The van der Waals surface area contributed by atoms with Gasteiger partial charge >= 0.3 is 5.97 Å². The maximum atomic E-state index is 10.8. The van der Waals surface area contributed by atoms with Gasteiger partial charge in [-0.1, -0.05) is 6.92 Å². The third kappa shape index (κ3) is 3.06. The molecule has 0 bridgehead atoms. The zero-order chi connectivity index (χ0) is 12.4. The summed E-state index contributed by atoms with van der Waals surface area (Å²) in [6.07, 6.45) is 0.613. The number of aliphatic hydroxyl groups excluding tert-OH is 1. The van der Waals surface area contributed by atoms with Gasteiger partial charge in [-0.15, -0.1) is 11.3 Å². The molecule has 1 fully saturated rings. The summed E-state index contributed by atoms with van der Waals surface area (Å²) in [7, 11) is 0. The van der Waals surface area contributed by atoms with Crippen molar-refractivity contribution in [3.63, 3.8) is 0 Å². The Hall–Kier alpha value is -0.910. The number of likely N-dealkylation sites (tertiary alicyclic amines) is 1. The number of hydrogen-bond acceptors (Lipinski definition) is 4. The Bertz CT molecular complexity index is 404. The SMILES string of the molecule is CC1CN(Cc2ccc(C(=O)O)s2)CCC1O. The van der Waals surface area contributed by atoms with Crippen molar-refractivity contribution in [3.8, 4) is 0 Å². The van der Waals surface area contributed by atoms with E-state index in [0.29, 0.717) is 10.8 Å². The van der Waals surface area contributed by atoms with Crippen LogP contribution >= 0.6 is 11.3 Å². The van der Waals surface area contributed by atoms with Crippen LogP contribution in [0.2, 0.25) is 0 Å². The van der Waals surface area contributed by atoms with Crippen LogP contribution in [0.15, 0.2) is 12.1 Å². The second kappa shape index (κ2) is 5.16. The van der Waals surface area contributed by atoms with Crippen LogP contribution in [0.1, 0.15) is 27.9 Å². The largest absolute Gasteiger partial charge is 0.477 e. The minimum atomic E-state index is -0.858. The molecule has 0 spiro atoms. The Labute approximate surface area is 104 Å². The minimum Gasteiger partial charge on any atom is -0.477 e. The number of aromatic carboxylic acids is 1. The first-order valence-corrected chi connectivity index (χ1v) is 6.60. The first-order chi connectivity index (χ1) is 8.06. The van der Waals surface area contributed by atoms with Crippen LogP contribution in [0.3, 0.4) is 0 Å². The van der Waals surface area contributed by atoms with Crippen LogP contribution in [-0.2, 0) is 6.54 Å². The number of thiophene rings is 1. The quantitative estimate of drug-likeness (QED) is 0.862. The second-order valence-electron chi connectivity index (χ2n) is 4.64. The van der Waals surface area contributed by atoms with Crippen LogP contribution in [0, 0.1) is 5.92 Å². The molecule has 2 N–H and O–H groups in total. The van der Waals surface area contributed by atoms with Gasteiger partial charge in [-0.05, 0) is 24.5 Å². The van der Waals surface area contributed by atoms with Gasteiger partial charge in [0.1, 0.15) is 4.88 Å². The molecule has 94 valence electrons. The normalized spacial score (nSPS) is 26.0. The Morgan fingerprint density at radius 3 is 2.94 bits per heavy atom. The molecule has 0 aromatic carbocycles. The fourth-order valence-electron chi connectivity index (χ4n) is 2.16. The lowest BCUT2D eigenvalue weighted by Crippen LogP contribution is -2.41. The highest BCUT2D eigenvalue weighted by Crippen LogP contribution is 2.22. The van der Waals surface area contributed by atoms with Crippen molar-refractivity contribution in [2.45, 2.75) is 26.0 Å². The average molecular weight is 255 g/mol. The van der Waals surface area contributed by atoms with Crippen LogP contribution < -0.4 is 0 Å². The van der Waals surface area contributed by atoms with E-state index in [4.69, 9.17) is 5.11 Å². The van der Waals surface area contributed by atoms with E-state index < -0.39 is 5.97 Å². The molecule has 0 amide bonds. The van der Waals surface area contributed by atoms with Crippen molar-refractivity contribution in [3.05, 3.63) is 21.9 Å². The lowest BCUT2D eigenvalue weighted by Gasteiger charge is -2.34. The predicted molar refractivity (Wildman–Crippen MR) is 66.3 cm³/mol. The van der Waals surface area contributed by atoms with E-state index >= 15 is 0 Å². The topological polar surface area (TPSA) is 60.8 Å². The second-order valence-corrected chi connectivity index (χ2v) is 5.81. The molecule has 0 aliphatic carbocycles. The van der Waals surface area contributed by atoms with E-state index in [0.717, 1.165) is 30.9 Å². The summed E-state index contributed by atoms with van der Waals surface area (Å²) in [6, 6.07) is 3.54. The molecule has 2 atom stereocenters. The Morgan fingerprint density at radius 2 is 2.35 bits per heavy atom. The molecule has 1 aliphatic heterocycles. The molecule has 2 heterocycles. The maximum absolute atomic E-state index is 10.8. The number of rotatable bonds is 3. The van der Waals surface area contributed by atoms with Gasteiger partial charge in [0, 0.05) is 24.5 Å². The summed E-state index contributed by atoms with van der Waals surface area (Å²) < 4.78 is 0. The van der Waals surface area contributed by atoms with Gasteiger partial charge in [0.2, 0.25) is 0 Å². The number of piperidine rings is 1. The van der Waals surface area contributed by atoms with Gasteiger partial charge in [0.25, 0.3) is 0 Å². The highest BCUT2D eigenvalue weighted by atomic mass is 32.1. The number of carboxylic acids is 1. The molecule has 5 heteroatoms. The summed E-state index contributed by atoms with van der Waals surface area (Å²) in [5.41, 5.74) is 0. The molecule has 1 aromatic heterocycles. The van der Waals surface area contributed by atoms with Gasteiger partial charge < -0.3 is 10.2 Å². The van der Waals surface area contributed by atoms with Gasteiger partial charge in [-0.3, -0.25) is 4.90 Å². The summed E-state index contributed by atoms with van der Waals surface area (Å²) in [4.78, 5) is 14.5. The van der Waals surface area contributed by atoms with E-state index in [1.807, 2.05) is 13.0 Å². The van der Waals surface area contributed by atoms with Crippen molar-refractivity contribution in [1.82, 2.24) is 4.90 Å². The Kier molecular flexibility index (Phi) is 3.81. The number of carbonyl (C=O) groups is 1. The molecule has 0 radical (unpaired) electrons. The Balaban J connectivity index is 1.94. The predicted octanol–water partition coefficient (Wildman–Crippen LogP) is 1.65. The van der Waals surface area contributed by atoms with Crippen molar-refractivity contribution < 1.29 is 15.0 Å². The number of carboxylic acid groups (broad SMARTS) is 1. The molecule has 1 saturated heterocycles. The molecule has 2 rings (SSSR count). The molecule has 17 heavy (non-hydrogen) atoms. The van der Waals surface area contributed by atoms with Crippen molar-refractivity contribution in [1.29, 1.82) is 0 Å². The standard InChI is InChI=1S/C12H17NO3S/c1-8-6-13(5-4-10(8)14)7-9-2-3-11(17-9)12(15)16/h2-3,8,10,14H,4-7H2,1H3,(H,15,16). The molecule has 1 aromatic rings.